The molecule has 0 amide bonds. The van der Waals surface area contributed by atoms with E-state index in [-0.39, 0.29) is 0 Å². The van der Waals surface area contributed by atoms with Crippen LogP contribution in [0.4, 0.5) is 0 Å². The summed E-state index contributed by atoms with van der Waals surface area (Å²) in [5.74, 6) is 4.09. The van der Waals surface area contributed by atoms with E-state index in [0.717, 1.165) is 106 Å². The summed E-state index contributed by atoms with van der Waals surface area (Å²) in [6.45, 7) is 0. The summed E-state index contributed by atoms with van der Waals surface area (Å²) in [5.41, 5.74) is 21.0. The van der Waals surface area contributed by atoms with Crippen LogP contribution >= 0.6 is 0 Å². The molecular formula is C104H64N12. The first-order valence-electron chi connectivity index (χ1n) is 38.7. The fraction of sp³-hybridized carbons (Fsp3) is 0. The van der Waals surface area contributed by atoms with Gasteiger partial charge in [0.05, 0.1) is 101 Å². The molecular weight excluding hydrogens is 1420 g/mol. The average Bonchev–Trinajstić information content (AvgIpc) is 1.54. The molecule has 12 heteroatoms. The van der Waals surface area contributed by atoms with Gasteiger partial charge in [-0.3, -0.25) is 22.8 Å². The lowest BCUT2D eigenvalue weighted by Crippen LogP contribution is -2.03. The zero-order chi connectivity index (χ0) is 76.9. The second-order valence-electron chi connectivity index (χ2n) is 29.1. The Morgan fingerprint density at radius 1 is 0.190 bits per heavy atom. The number of nitrogens with zero attached hydrogens (tertiary/aromatic N) is 12. The van der Waals surface area contributed by atoms with Crippen molar-refractivity contribution in [3.63, 3.8) is 0 Å². The van der Waals surface area contributed by atoms with E-state index in [1.54, 1.807) is 0 Å². The van der Waals surface area contributed by atoms with Crippen molar-refractivity contribution in [1.82, 2.24) is 47.3 Å². The number of hydrogen-bond donors (Lipinski definition) is 0. The molecule has 0 radical (unpaired) electrons. The highest BCUT2D eigenvalue weighted by molar-refractivity contribution is 6.15. The molecule has 0 bridgehead atoms. The van der Waals surface area contributed by atoms with E-state index in [2.05, 4.69) is 337 Å². The number of nitriles is 2. The fourth-order valence-corrected chi connectivity index (χ4v) is 17.6. The monoisotopic (exact) mass is 1480 g/mol. The van der Waals surface area contributed by atoms with Gasteiger partial charge >= 0.3 is 0 Å². The van der Waals surface area contributed by atoms with Gasteiger partial charge in [0.2, 0.25) is 5.95 Å². The number of rotatable bonds is 8. The first-order chi connectivity index (χ1) is 57.5. The summed E-state index contributed by atoms with van der Waals surface area (Å²) >= 11 is 0. The van der Waals surface area contributed by atoms with E-state index in [9.17, 15) is 10.5 Å². The molecule has 0 saturated heterocycles. The SMILES string of the molecule is N#Cc1ccc2c(c1)c1ccccc1n2-c1cccc(-n2c3ccccc3c3cc(C#N)ccc32)n1.c1cc(-n2c3ccccc3c3ccccc32)nc(-n2c3ccccc3c3ccccc32)c1.c1ccc(-c2nc(-n3c4ccccc4c4cc(-c5ccc6c(c5)c5ccccc5n6-c5ccccc5)ccc43)nc3ccccc23)cc1. The van der Waals surface area contributed by atoms with Crippen LogP contribution in [-0.4, -0.2) is 47.3 Å². The molecule has 0 spiro atoms. The molecule has 0 unspecified atom stereocenters. The highest BCUT2D eigenvalue weighted by atomic mass is 15.2. The Balaban J connectivity index is 0.000000108. The zero-order valence-electron chi connectivity index (χ0n) is 62.3. The Morgan fingerprint density at radius 2 is 0.474 bits per heavy atom. The Bertz CT molecular complexity index is 7820. The molecule has 9 heterocycles. The molecule has 12 nitrogen and oxygen atoms in total. The van der Waals surface area contributed by atoms with Crippen molar-refractivity contribution in [3.05, 3.63) is 399 Å². The standard InChI is InChI=1S/C44H28N4.C31H17N5.C29H19N3/c1-3-13-29(14-4-1)43-35-19-7-10-20-38(35)45-44(46-43)48-40-22-12-9-18-34(40)37-28-31(24-26-42(37)48)30-23-25-41-36(27-30)33-17-8-11-21-39(33)47(41)32-15-5-2-6-16-32;32-18-20-12-14-28-24(16-20)22-6-1-3-8-26(22)35(28)30-10-5-11-31(34-30)36-27-9-4-2-7-23(27)25-17-21(19-33)13-15-29(25)36;1-5-14-24-20(10-1)21-11-2-6-15-25(21)31(24)28-18-9-19-29(30-28)32-26-16-7-3-12-22(26)23-13-4-8-17-27(23)32/h1-28H;1-17H;1-19H. The number of hydrogen-bond acceptors (Lipinski definition) is 6. The Kier molecular flexibility index (Phi) is 15.7. The summed E-state index contributed by atoms with van der Waals surface area (Å²) in [7, 11) is 0. The summed E-state index contributed by atoms with van der Waals surface area (Å²) < 4.78 is 13.4. The molecule has 9 aromatic heterocycles. The number of aromatic nitrogens is 10. The minimum absolute atomic E-state index is 0.633. The lowest BCUT2D eigenvalue weighted by molar-refractivity contribution is 1.01. The normalized spacial score (nSPS) is 11.6. The maximum absolute atomic E-state index is 9.45. The second-order valence-corrected chi connectivity index (χ2v) is 29.1. The Hall–Kier alpha value is -16.3. The first-order valence-corrected chi connectivity index (χ1v) is 38.7. The van der Waals surface area contributed by atoms with Crippen LogP contribution in [0.25, 0.3) is 199 Å². The highest BCUT2D eigenvalue weighted by Gasteiger charge is 2.23. The third kappa shape index (κ3) is 10.8. The second kappa shape index (κ2) is 27.3. The van der Waals surface area contributed by atoms with Crippen molar-refractivity contribution in [2.75, 3.05) is 0 Å². The molecule has 0 aliphatic rings. The van der Waals surface area contributed by atoms with Crippen molar-refractivity contribution in [3.8, 4) is 69.4 Å². The van der Waals surface area contributed by atoms with E-state index in [4.69, 9.17) is 19.9 Å². The van der Waals surface area contributed by atoms with Gasteiger partial charge in [0.25, 0.3) is 0 Å². The number of pyridine rings is 2. The molecule has 0 saturated carbocycles. The Morgan fingerprint density at radius 3 is 0.862 bits per heavy atom. The minimum atomic E-state index is 0.633. The van der Waals surface area contributed by atoms with Crippen LogP contribution in [0.3, 0.4) is 0 Å². The van der Waals surface area contributed by atoms with E-state index >= 15 is 0 Å². The fourth-order valence-electron chi connectivity index (χ4n) is 17.6. The van der Waals surface area contributed by atoms with E-state index in [1.807, 2.05) is 91.0 Å². The smallest absolute Gasteiger partial charge is 0.235 e. The highest BCUT2D eigenvalue weighted by Crippen LogP contribution is 2.42. The van der Waals surface area contributed by atoms with Gasteiger partial charge in [-0.2, -0.15) is 10.5 Å². The van der Waals surface area contributed by atoms with Crippen molar-refractivity contribution in [2.45, 2.75) is 0 Å². The van der Waals surface area contributed by atoms with E-state index < -0.39 is 0 Å². The molecule has 0 fully saturated rings. The molecule has 24 rings (SSSR count). The van der Waals surface area contributed by atoms with Gasteiger partial charge < -0.3 is 4.57 Å². The van der Waals surface area contributed by atoms with E-state index in [0.29, 0.717) is 17.1 Å². The van der Waals surface area contributed by atoms with Gasteiger partial charge in [0.1, 0.15) is 23.3 Å². The van der Waals surface area contributed by atoms with Gasteiger partial charge in [0, 0.05) is 81.3 Å². The maximum Gasteiger partial charge on any atom is 0.235 e. The lowest BCUT2D eigenvalue weighted by Gasteiger charge is -2.12. The lowest BCUT2D eigenvalue weighted by atomic mass is 10.0. The summed E-state index contributed by atoms with van der Waals surface area (Å²) in [5, 5.41) is 34.0. The van der Waals surface area contributed by atoms with Crippen LogP contribution in [0.1, 0.15) is 11.1 Å². The van der Waals surface area contributed by atoms with Gasteiger partial charge in [-0.15, -0.1) is 0 Å². The molecule has 0 N–H and O–H groups in total. The number of fused-ring (bicyclic) bond motifs is 19. The van der Waals surface area contributed by atoms with Crippen molar-refractivity contribution >= 4 is 142 Å². The predicted octanol–water partition coefficient (Wildman–Crippen LogP) is 25.5. The molecule has 24 aromatic rings. The minimum Gasteiger partial charge on any atom is -0.309 e. The molecule has 540 valence electrons. The van der Waals surface area contributed by atoms with Crippen molar-refractivity contribution in [1.29, 1.82) is 10.5 Å². The average molecular weight is 1480 g/mol. The maximum atomic E-state index is 9.45. The molecule has 0 aliphatic heterocycles. The van der Waals surface area contributed by atoms with Gasteiger partial charge in [-0.05, 0) is 163 Å². The van der Waals surface area contributed by atoms with Crippen molar-refractivity contribution in [2.24, 2.45) is 0 Å². The zero-order valence-corrected chi connectivity index (χ0v) is 62.3. The van der Waals surface area contributed by atoms with Crippen LogP contribution in [-0.2, 0) is 0 Å². The van der Waals surface area contributed by atoms with Gasteiger partial charge in [-0.1, -0.05) is 237 Å². The predicted molar refractivity (Wildman–Crippen MR) is 474 cm³/mol. The molecule has 15 aromatic carbocycles. The van der Waals surface area contributed by atoms with E-state index in [1.165, 1.54) is 87.3 Å². The summed E-state index contributed by atoms with van der Waals surface area (Å²) in [6.07, 6.45) is 0. The summed E-state index contributed by atoms with van der Waals surface area (Å²) in [4.78, 5) is 20.7. The molecule has 116 heavy (non-hydrogen) atoms. The van der Waals surface area contributed by atoms with Crippen LogP contribution in [0.15, 0.2) is 388 Å². The van der Waals surface area contributed by atoms with Crippen LogP contribution in [0, 0.1) is 22.7 Å². The molecule has 0 aliphatic carbocycles. The number of benzene rings is 15. The first kappa shape index (κ1) is 66.7. The van der Waals surface area contributed by atoms with Crippen LogP contribution in [0.2, 0.25) is 0 Å². The third-order valence-corrected chi connectivity index (χ3v) is 22.7. The summed E-state index contributed by atoms with van der Waals surface area (Å²) in [6, 6.07) is 139. The van der Waals surface area contributed by atoms with Gasteiger partial charge in [-0.25, -0.2) is 19.9 Å². The molecule has 0 atom stereocenters. The van der Waals surface area contributed by atoms with Crippen LogP contribution in [0.5, 0.6) is 0 Å². The largest absolute Gasteiger partial charge is 0.309 e. The van der Waals surface area contributed by atoms with Crippen LogP contribution < -0.4 is 0 Å². The third-order valence-electron chi connectivity index (χ3n) is 22.7. The number of para-hydroxylation sites is 10. The Labute approximate surface area is 664 Å². The van der Waals surface area contributed by atoms with Gasteiger partial charge in [0.15, 0.2) is 0 Å². The topological polar surface area (TPSA) is 129 Å². The quantitative estimate of drug-likeness (QED) is 0.149. The van der Waals surface area contributed by atoms with Crippen molar-refractivity contribution < 1.29 is 0 Å².